The summed E-state index contributed by atoms with van der Waals surface area (Å²) in [5.74, 6) is 0.421. The zero-order valence-corrected chi connectivity index (χ0v) is 18.3. The molecule has 30 heavy (non-hydrogen) atoms. The Morgan fingerprint density at radius 3 is 2.10 bits per heavy atom. The van der Waals surface area contributed by atoms with Crippen molar-refractivity contribution < 1.29 is 14.3 Å². The molecule has 0 aliphatic heterocycles. The van der Waals surface area contributed by atoms with E-state index in [9.17, 15) is 9.59 Å². The SMILES string of the molecule is CCCCCCOc1ccc(C(=O)Nc2ccc(NC(=S)NC(=O)CC)cc2)cc1. The minimum Gasteiger partial charge on any atom is -0.494 e. The van der Waals surface area contributed by atoms with Gasteiger partial charge >= 0.3 is 0 Å². The van der Waals surface area contributed by atoms with Crippen LogP contribution in [0.3, 0.4) is 0 Å². The minimum atomic E-state index is -0.198. The molecule has 0 fully saturated rings. The molecule has 6 nitrogen and oxygen atoms in total. The highest BCUT2D eigenvalue weighted by Gasteiger charge is 2.07. The molecule has 0 spiro atoms. The van der Waals surface area contributed by atoms with Gasteiger partial charge in [-0.1, -0.05) is 33.1 Å². The Bertz CT molecular complexity index is 836. The van der Waals surface area contributed by atoms with Crippen molar-refractivity contribution in [3.05, 3.63) is 54.1 Å². The molecular weight excluding hydrogens is 398 g/mol. The molecule has 0 atom stereocenters. The lowest BCUT2D eigenvalue weighted by atomic mass is 10.2. The molecule has 0 radical (unpaired) electrons. The fraction of sp³-hybridized carbons (Fsp3) is 0.348. The van der Waals surface area contributed by atoms with E-state index < -0.39 is 0 Å². The molecule has 2 aromatic carbocycles. The summed E-state index contributed by atoms with van der Waals surface area (Å²) in [5, 5.41) is 8.60. The molecule has 0 unspecified atom stereocenters. The first-order valence-corrected chi connectivity index (χ1v) is 10.7. The van der Waals surface area contributed by atoms with Crippen molar-refractivity contribution in [2.24, 2.45) is 0 Å². The van der Waals surface area contributed by atoms with Crippen LogP contribution >= 0.6 is 12.2 Å². The van der Waals surface area contributed by atoms with E-state index in [2.05, 4.69) is 22.9 Å². The van der Waals surface area contributed by atoms with Crippen LogP contribution in [0.1, 0.15) is 56.3 Å². The zero-order valence-electron chi connectivity index (χ0n) is 17.5. The van der Waals surface area contributed by atoms with E-state index in [1.807, 2.05) is 12.1 Å². The monoisotopic (exact) mass is 427 g/mol. The molecule has 7 heteroatoms. The average molecular weight is 428 g/mol. The Kier molecular flexibility index (Phi) is 9.80. The van der Waals surface area contributed by atoms with Gasteiger partial charge in [0.1, 0.15) is 5.75 Å². The van der Waals surface area contributed by atoms with E-state index >= 15 is 0 Å². The van der Waals surface area contributed by atoms with Crippen LogP contribution in [0.15, 0.2) is 48.5 Å². The maximum Gasteiger partial charge on any atom is 0.255 e. The first kappa shape index (κ1) is 23.3. The fourth-order valence-corrected chi connectivity index (χ4v) is 2.87. The molecule has 0 bridgehead atoms. The summed E-state index contributed by atoms with van der Waals surface area (Å²) in [4.78, 5) is 23.8. The van der Waals surface area contributed by atoms with E-state index in [1.165, 1.54) is 19.3 Å². The lowest BCUT2D eigenvalue weighted by molar-refractivity contribution is -0.119. The summed E-state index contributed by atoms with van der Waals surface area (Å²) in [6.45, 7) is 4.63. The number of unbranched alkanes of at least 4 members (excludes halogenated alkanes) is 3. The van der Waals surface area contributed by atoms with Gasteiger partial charge in [0.25, 0.3) is 5.91 Å². The number of ether oxygens (including phenoxy) is 1. The predicted octanol–water partition coefficient (Wildman–Crippen LogP) is 5.12. The maximum absolute atomic E-state index is 12.4. The number of benzene rings is 2. The van der Waals surface area contributed by atoms with Crippen LogP contribution in [0, 0.1) is 0 Å². The number of anilines is 2. The van der Waals surface area contributed by atoms with Crippen LogP contribution in [0.25, 0.3) is 0 Å². The lowest BCUT2D eigenvalue weighted by Crippen LogP contribution is -2.33. The van der Waals surface area contributed by atoms with E-state index in [4.69, 9.17) is 17.0 Å². The Balaban J connectivity index is 1.82. The highest BCUT2D eigenvalue weighted by Crippen LogP contribution is 2.17. The number of hydrogen-bond acceptors (Lipinski definition) is 4. The summed E-state index contributed by atoms with van der Waals surface area (Å²) >= 11 is 5.08. The van der Waals surface area contributed by atoms with Crippen LogP contribution in [0.4, 0.5) is 11.4 Å². The fourth-order valence-electron chi connectivity index (χ4n) is 2.64. The van der Waals surface area contributed by atoms with Crippen LogP contribution in [0.2, 0.25) is 0 Å². The summed E-state index contributed by atoms with van der Waals surface area (Å²) in [6.07, 6.45) is 5.00. The second-order valence-corrected chi connectivity index (χ2v) is 7.23. The molecule has 0 aromatic heterocycles. The quantitative estimate of drug-likeness (QED) is 0.362. The van der Waals surface area contributed by atoms with Crippen molar-refractivity contribution in [3.8, 4) is 5.75 Å². The summed E-state index contributed by atoms with van der Waals surface area (Å²) < 4.78 is 5.71. The van der Waals surface area contributed by atoms with Gasteiger partial charge in [-0.2, -0.15) is 0 Å². The summed E-state index contributed by atoms with van der Waals surface area (Å²) in [5.41, 5.74) is 1.93. The number of thiocarbonyl (C=S) groups is 1. The smallest absolute Gasteiger partial charge is 0.255 e. The Morgan fingerprint density at radius 2 is 1.50 bits per heavy atom. The summed E-state index contributed by atoms with van der Waals surface area (Å²) in [7, 11) is 0. The molecule has 2 rings (SSSR count). The van der Waals surface area contributed by atoms with Crippen molar-refractivity contribution in [1.29, 1.82) is 0 Å². The number of carbonyl (C=O) groups excluding carboxylic acids is 2. The van der Waals surface area contributed by atoms with E-state index in [0.29, 0.717) is 24.3 Å². The van der Waals surface area contributed by atoms with Crippen LogP contribution in [0.5, 0.6) is 5.75 Å². The largest absolute Gasteiger partial charge is 0.494 e. The number of amides is 2. The number of rotatable bonds is 10. The molecule has 0 aliphatic rings. The standard InChI is InChI=1S/C23H29N3O3S/c1-3-5-6-7-16-29-20-14-8-17(9-15-20)22(28)24-18-10-12-19(13-11-18)25-23(30)26-21(27)4-2/h8-15H,3-7,16H2,1-2H3,(H,24,28)(H2,25,26,27,30). The second-order valence-electron chi connectivity index (χ2n) is 6.82. The van der Waals surface area contributed by atoms with Crippen LogP contribution in [-0.4, -0.2) is 23.5 Å². The van der Waals surface area contributed by atoms with Gasteiger partial charge in [-0.3, -0.25) is 9.59 Å². The summed E-state index contributed by atoms with van der Waals surface area (Å²) in [6, 6.07) is 14.2. The van der Waals surface area contributed by atoms with Gasteiger partial charge in [-0.25, -0.2) is 0 Å². The molecule has 2 aromatic rings. The lowest BCUT2D eigenvalue weighted by Gasteiger charge is -2.10. The first-order valence-electron chi connectivity index (χ1n) is 10.3. The third-order valence-corrected chi connectivity index (χ3v) is 4.56. The van der Waals surface area contributed by atoms with Crippen molar-refractivity contribution >= 4 is 40.5 Å². The third-order valence-electron chi connectivity index (χ3n) is 4.36. The van der Waals surface area contributed by atoms with Crippen molar-refractivity contribution in [2.45, 2.75) is 46.0 Å². The molecule has 0 saturated carbocycles. The molecular formula is C23H29N3O3S. The Hall–Kier alpha value is -2.93. The third kappa shape index (κ3) is 8.21. The molecule has 0 saturated heterocycles. The van der Waals surface area contributed by atoms with Crippen molar-refractivity contribution in [3.63, 3.8) is 0 Å². The normalized spacial score (nSPS) is 10.2. The maximum atomic E-state index is 12.4. The van der Waals surface area contributed by atoms with E-state index in [-0.39, 0.29) is 16.9 Å². The minimum absolute atomic E-state index is 0.149. The van der Waals surface area contributed by atoms with Gasteiger partial charge in [0.2, 0.25) is 5.91 Å². The topological polar surface area (TPSA) is 79.5 Å². The molecule has 160 valence electrons. The van der Waals surface area contributed by atoms with Gasteiger partial charge < -0.3 is 20.7 Å². The van der Waals surface area contributed by atoms with Crippen molar-refractivity contribution in [2.75, 3.05) is 17.2 Å². The number of carbonyl (C=O) groups is 2. The average Bonchev–Trinajstić information content (AvgIpc) is 2.75. The van der Waals surface area contributed by atoms with Gasteiger partial charge in [0.15, 0.2) is 5.11 Å². The van der Waals surface area contributed by atoms with Gasteiger partial charge in [-0.05, 0) is 67.2 Å². The molecule has 3 N–H and O–H groups in total. The molecule has 0 aliphatic carbocycles. The molecule has 2 amide bonds. The Morgan fingerprint density at radius 1 is 0.867 bits per heavy atom. The van der Waals surface area contributed by atoms with E-state index in [0.717, 1.165) is 17.9 Å². The molecule has 0 heterocycles. The predicted molar refractivity (Wildman–Crippen MR) is 125 cm³/mol. The number of hydrogen-bond donors (Lipinski definition) is 3. The van der Waals surface area contributed by atoms with Gasteiger partial charge in [0, 0.05) is 23.4 Å². The highest BCUT2D eigenvalue weighted by molar-refractivity contribution is 7.80. The highest BCUT2D eigenvalue weighted by atomic mass is 32.1. The van der Waals surface area contributed by atoms with Gasteiger partial charge in [-0.15, -0.1) is 0 Å². The van der Waals surface area contributed by atoms with Crippen molar-refractivity contribution in [1.82, 2.24) is 5.32 Å². The first-order chi connectivity index (χ1) is 14.5. The Labute approximate surface area is 183 Å². The van der Waals surface area contributed by atoms with Crippen LogP contribution < -0.4 is 20.7 Å². The zero-order chi connectivity index (χ0) is 21.8. The van der Waals surface area contributed by atoms with Crippen LogP contribution in [-0.2, 0) is 4.79 Å². The second kappa shape index (κ2) is 12.6. The van der Waals surface area contributed by atoms with Gasteiger partial charge in [0.05, 0.1) is 6.61 Å². The number of nitrogens with one attached hydrogen (secondary N) is 3. The van der Waals surface area contributed by atoms with E-state index in [1.54, 1.807) is 43.3 Å².